The highest BCUT2D eigenvalue weighted by Gasteiger charge is 2.36. The number of hydrogen-bond acceptors (Lipinski definition) is 2. The molecule has 21 heavy (non-hydrogen) atoms. The summed E-state index contributed by atoms with van der Waals surface area (Å²) in [6.45, 7) is 5.29. The highest BCUT2D eigenvalue weighted by Crippen LogP contribution is 2.29. The molecule has 2 unspecified atom stereocenters. The summed E-state index contributed by atoms with van der Waals surface area (Å²) >= 11 is 0. The van der Waals surface area contributed by atoms with E-state index in [9.17, 15) is 4.39 Å². The van der Waals surface area contributed by atoms with Gasteiger partial charge in [-0.3, -0.25) is 0 Å². The zero-order valence-corrected chi connectivity index (χ0v) is 13.8. The zero-order valence-electron chi connectivity index (χ0n) is 13.8. The van der Waals surface area contributed by atoms with Gasteiger partial charge in [0.1, 0.15) is 6.17 Å². The average Bonchev–Trinajstić information content (AvgIpc) is 2.47. The summed E-state index contributed by atoms with van der Waals surface area (Å²) in [7, 11) is 0. The number of nitrogens with two attached hydrogens (primary N) is 1. The predicted octanol–water partition coefficient (Wildman–Crippen LogP) is 4.62. The number of halogens is 1. The minimum absolute atomic E-state index is 0.539. The molecular formula is C18H33FN2. The lowest BCUT2D eigenvalue weighted by molar-refractivity contribution is 0.210. The zero-order chi connectivity index (χ0) is 15.6. The van der Waals surface area contributed by atoms with Crippen LogP contribution in [-0.2, 0) is 0 Å². The van der Waals surface area contributed by atoms with Crippen molar-refractivity contribution in [3.63, 3.8) is 0 Å². The van der Waals surface area contributed by atoms with E-state index in [2.05, 4.69) is 19.2 Å². The maximum absolute atomic E-state index is 14.6. The molecule has 0 radical (unpaired) electrons. The van der Waals surface area contributed by atoms with Crippen molar-refractivity contribution in [1.82, 2.24) is 5.32 Å². The van der Waals surface area contributed by atoms with E-state index in [0.29, 0.717) is 5.70 Å². The Bertz CT molecular complexity index is 338. The predicted molar refractivity (Wildman–Crippen MR) is 89.9 cm³/mol. The standard InChI is InChI=1S/C18H33FN2/c1-3-5-7-9-12-18(21-14-10-8-6-4-2)13-11-16(20)15-17(18)19/h11,13,15,17,21H,3-10,12,14,20H2,1-2H3. The van der Waals surface area contributed by atoms with E-state index in [1.54, 1.807) is 6.08 Å². The van der Waals surface area contributed by atoms with Gasteiger partial charge in [0.25, 0.3) is 0 Å². The first-order chi connectivity index (χ1) is 10.1. The molecule has 122 valence electrons. The molecular weight excluding hydrogens is 263 g/mol. The highest BCUT2D eigenvalue weighted by atomic mass is 19.1. The van der Waals surface area contributed by atoms with Crippen LogP contribution < -0.4 is 11.1 Å². The van der Waals surface area contributed by atoms with Gasteiger partial charge in [0.2, 0.25) is 0 Å². The summed E-state index contributed by atoms with van der Waals surface area (Å²) in [5.74, 6) is 0. The van der Waals surface area contributed by atoms with Gasteiger partial charge in [-0.25, -0.2) is 4.39 Å². The number of alkyl halides is 1. The van der Waals surface area contributed by atoms with Crippen molar-refractivity contribution in [2.45, 2.75) is 83.3 Å². The molecule has 0 aromatic carbocycles. The molecule has 3 heteroatoms. The van der Waals surface area contributed by atoms with E-state index >= 15 is 0 Å². The third-order valence-corrected chi connectivity index (χ3v) is 4.33. The summed E-state index contributed by atoms with van der Waals surface area (Å²) in [6, 6.07) is 0. The van der Waals surface area contributed by atoms with Crippen LogP contribution in [0.25, 0.3) is 0 Å². The number of unbranched alkanes of at least 4 members (excludes halogenated alkanes) is 6. The minimum Gasteiger partial charge on any atom is -0.399 e. The minimum atomic E-state index is -1.02. The van der Waals surface area contributed by atoms with Crippen molar-refractivity contribution in [3.8, 4) is 0 Å². The Morgan fingerprint density at radius 2 is 1.76 bits per heavy atom. The van der Waals surface area contributed by atoms with Crippen LogP contribution in [0.3, 0.4) is 0 Å². The third-order valence-electron chi connectivity index (χ3n) is 4.33. The summed E-state index contributed by atoms with van der Waals surface area (Å²) < 4.78 is 14.6. The molecule has 2 atom stereocenters. The molecule has 0 saturated heterocycles. The van der Waals surface area contributed by atoms with E-state index in [1.165, 1.54) is 38.5 Å². The molecule has 0 bridgehead atoms. The topological polar surface area (TPSA) is 38.0 Å². The molecule has 0 aromatic rings. The fourth-order valence-corrected chi connectivity index (χ4v) is 2.89. The first kappa shape index (κ1) is 18.2. The molecule has 0 aromatic heterocycles. The first-order valence-electron chi connectivity index (χ1n) is 8.70. The van der Waals surface area contributed by atoms with Crippen LogP contribution >= 0.6 is 0 Å². The van der Waals surface area contributed by atoms with Crippen LogP contribution in [0.5, 0.6) is 0 Å². The maximum atomic E-state index is 14.6. The van der Waals surface area contributed by atoms with Crippen molar-refractivity contribution >= 4 is 0 Å². The van der Waals surface area contributed by atoms with E-state index in [4.69, 9.17) is 5.73 Å². The second-order valence-electron chi connectivity index (χ2n) is 6.24. The van der Waals surface area contributed by atoms with Crippen LogP contribution in [0.1, 0.15) is 71.6 Å². The van der Waals surface area contributed by atoms with Gasteiger partial charge in [-0.1, -0.05) is 64.9 Å². The van der Waals surface area contributed by atoms with Crippen LogP contribution in [0.4, 0.5) is 4.39 Å². The van der Waals surface area contributed by atoms with Crippen LogP contribution in [-0.4, -0.2) is 18.3 Å². The monoisotopic (exact) mass is 296 g/mol. The van der Waals surface area contributed by atoms with Crippen molar-refractivity contribution < 1.29 is 4.39 Å². The number of rotatable bonds is 11. The Labute approximate surface area is 130 Å². The molecule has 0 aliphatic heterocycles. The SMILES string of the molecule is CCCCCCNC1(CCCCCC)C=CC(N)=CC1F. The van der Waals surface area contributed by atoms with Crippen LogP contribution in [0.15, 0.2) is 23.9 Å². The molecule has 0 fully saturated rings. The van der Waals surface area contributed by atoms with Crippen molar-refractivity contribution in [1.29, 1.82) is 0 Å². The van der Waals surface area contributed by atoms with Gasteiger partial charge < -0.3 is 11.1 Å². The van der Waals surface area contributed by atoms with Gasteiger partial charge in [0.05, 0.1) is 5.54 Å². The Hall–Kier alpha value is -0.830. The fourth-order valence-electron chi connectivity index (χ4n) is 2.89. The van der Waals surface area contributed by atoms with E-state index in [0.717, 1.165) is 25.8 Å². The lowest BCUT2D eigenvalue weighted by atomic mass is 9.83. The molecule has 2 nitrogen and oxygen atoms in total. The average molecular weight is 296 g/mol. The van der Waals surface area contributed by atoms with E-state index in [-0.39, 0.29) is 0 Å². The van der Waals surface area contributed by atoms with Gasteiger partial charge >= 0.3 is 0 Å². The van der Waals surface area contributed by atoms with Gasteiger partial charge in [0.15, 0.2) is 0 Å². The van der Waals surface area contributed by atoms with E-state index in [1.807, 2.05) is 12.2 Å². The van der Waals surface area contributed by atoms with Gasteiger partial charge in [0, 0.05) is 5.70 Å². The van der Waals surface area contributed by atoms with E-state index < -0.39 is 11.7 Å². The molecule has 0 amide bonds. The summed E-state index contributed by atoms with van der Waals surface area (Å²) in [4.78, 5) is 0. The maximum Gasteiger partial charge on any atom is 0.142 e. The molecule has 0 heterocycles. The molecule has 0 spiro atoms. The van der Waals surface area contributed by atoms with Gasteiger partial charge in [-0.05, 0) is 31.5 Å². The van der Waals surface area contributed by atoms with Gasteiger partial charge in [-0.2, -0.15) is 0 Å². The summed E-state index contributed by atoms with van der Waals surface area (Å²) in [6.07, 6.45) is 14.7. The van der Waals surface area contributed by atoms with Crippen molar-refractivity contribution in [2.75, 3.05) is 6.54 Å². The summed E-state index contributed by atoms with van der Waals surface area (Å²) in [5, 5.41) is 3.48. The molecule has 1 aliphatic rings. The van der Waals surface area contributed by atoms with Crippen molar-refractivity contribution in [2.24, 2.45) is 5.73 Å². The van der Waals surface area contributed by atoms with Gasteiger partial charge in [-0.15, -0.1) is 0 Å². The Morgan fingerprint density at radius 3 is 2.38 bits per heavy atom. The lowest BCUT2D eigenvalue weighted by Crippen LogP contribution is -2.52. The Balaban J connectivity index is 2.52. The largest absolute Gasteiger partial charge is 0.399 e. The number of nitrogens with one attached hydrogen (secondary N) is 1. The lowest BCUT2D eigenvalue weighted by Gasteiger charge is -2.36. The summed E-state index contributed by atoms with van der Waals surface area (Å²) in [5.41, 5.74) is 5.73. The molecule has 0 saturated carbocycles. The highest BCUT2D eigenvalue weighted by molar-refractivity contribution is 5.31. The fraction of sp³-hybridized carbons (Fsp3) is 0.778. The molecule has 3 N–H and O–H groups in total. The van der Waals surface area contributed by atoms with Crippen LogP contribution in [0.2, 0.25) is 0 Å². The quantitative estimate of drug-likeness (QED) is 0.546. The third kappa shape index (κ3) is 6.21. The number of hydrogen-bond donors (Lipinski definition) is 2. The first-order valence-corrected chi connectivity index (χ1v) is 8.70. The smallest absolute Gasteiger partial charge is 0.142 e. The Morgan fingerprint density at radius 1 is 1.10 bits per heavy atom. The Kier molecular flexibility index (Phi) is 8.67. The molecule has 1 rings (SSSR count). The second-order valence-corrected chi connectivity index (χ2v) is 6.24. The normalized spacial score (nSPS) is 25.1. The second kappa shape index (κ2) is 9.99. The van der Waals surface area contributed by atoms with Crippen LogP contribution in [0, 0.1) is 0 Å². The van der Waals surface area contributed by atoms with Crippen molar-refractivity contribution in [3.05, 3.63) is 23.9 Å². The number of allylic oxidation sites excluding steroid dienone is 1. The molecule has 1 aliphatic carbocycles.